The lowest BCUT2D eigenvalue weighted by atomic mass is 10.3. The molecular formula is C12H17NO3S. The fourth-order valence-electron chi connectivity index (χ4n) is 1.30. The minimum atomic E-state index is 0.511. The third kappa shape index (κ3) is 4.91. The highest BCUT2D eigenvalue weighted by Gasteiger charge is 2.02. The van der Waals surface area contributed by atoms with Crippen LogP contribution < -0.4 is 19.9 Å². The highest BCUT2D eigenvalue weighted by molar-refractivity contribution is 7.80. The van der Waals surface area contributed by atoms with E-state index in [0.29, 0.717) is 35.3 Å². The molecule has 1 aromatic carbocycles. The van der Waals surface area contributed by atoms with Gasteiger partial charge in [0.25, 0.3) is 0 Å². The van der Waals surface area contributed by atoms with Crippen molar-refractivity contribution in [1.29, 1.82) is 0 Å². The number of rotatable bonds is 7. The molecule has 94 valence electrons. The average molecular weight is 255 g/mol. The van der Waals surface area contributed by atoms with E-state index in [0.717, 1.165) is 6.42 Å². The van der Waals surface area contributed by atoms with Crippen molar-refractivity contribution in [2.45, 2.75) is 12.8 Å². The Labute approximate surface area is 107 Å². The van der Waals surface area contributed by atoms with Crippen LogP contribution in [0.15, 0.2) is 18.2 Å². The van der Waals surface area contributed by atoms with Gasteiger partial charge < -0.3 is 19.9 Å². The Morgan fingerprint density at radius 1 is 1.12 bits per heavy atom. The van der Waals surface area contributed by atoms with E-state index in [1.807, 2.05) is 12.1 Å². The van der Waals surface area contributed by atoms with Gasteiger partial charge in [-0.05, 0) is 6.42 Å². The van der Waals surface area contributed by atoms with E-state index < -0.39 is 0 Å². The summed E-state index contributed by atoms with van der Waals surface area (Å²) in [6.07, 6.45) is 1.49. The monoisotopic (exact) mass is 255 g/mol. The molecule has 0 radical (unpaired) electrons. The summed E-state index contributed by atoms with van der Waals surface area (Å²) in [7, 11) is 3.21. The predicted octanol–water partition coefficient (Wildman–Crippen LogP) is 2.15. The van der Waals surface area contributed by atoms with Gasteiger partial charge in [0.1, 0.15) is 17.2 Å². The summed E-state index contributed by atoms with van der Waals surface area (Å²) >= 11 is 4.79. The third-order valence-electron chi connectivity index (χ3n) is 2.16. The fourth-order valence-corrected chi connectivity index (χ4v) is 1.45. The molecule has 0 spiro atoms. The van der Waals surface area contributed by atoms with E-state index in [1.165, 1.54) is 0 Å². The maximum atomic E-state index is 5.57. The van der Waals surface area contributed by atoms with Gasteiger partial charge in [0.2, 0.25) is 0 Å². The van der Waals surface area contributed by atoms with Crippen LogP contribution in [0.3, 0.4) is 0 Å². The zero-order valence-electron chi connectivity index (χ0n) is 10.1. The second kappa shape index (κ2) is 6.96. The van der Waals surface area contributed by atoms with Gasteiger partial charge in [-0.1, -0.05) is 12.2 Å². The second-order valence-corrected chi connectivity index (χ2v) is 3.99. The van der Waals surface area contributed by atoms with Gasteiger partial charge in [0.05, 0.1) is 25.8 Å². The topological polar surface area (TPSA) is 53.7 Å². The summed E-state index contributed by atoms with van der Waals surface area (Å²) in [6, 6.07) is 5.41. The predicted molar refractivity (Wildman–Crippen MR) is 71.1 cm³/mol. The van der Waals surface area contributed by atoms with E-state index >= 15 is 0 Å². The molecule has 0 atom stereocenters. The van der Waals surface area contributed by atoms with Crippen molar-refractivity contribution in [2.24, 2.45) is 5.73 Å². The number of hydrogen-bond acceptors (Lipinski definition) is 4. The highest BCUT2D eigenvalue weighted by Crippen LogP contribution is 2.27. The first-order chi connectivity index (χ1) is 8.15. The molecule has 4 nitrogen and oxygen atoms in total. The maximum absolute atomic E-state index is 5.57. The third-order valence-corrected chi connectivity index (χ3v) is 2.37. The first-order valence-electron chi connectivity index (χ1n) is 5.30. The van der Waals surface area contributed by atoms with Gasteiger partial charge in [-0.3, -0.25) is 0 Å². The van der Waals surface area contributed by atoms with Gasteiger partial charge in [0.15, 0.2) is 0 Å². The van der Waals surface area contributed by atoms with Gasteiger partial charge in [-0.25, -0.2) is 0 Å². The Bertz CT molecular complexity index is 360. The Morgan fingerprint density at radius 2 is 1.65 bits per heavy atom. The Morgan fingerprint density at radius 3 is 2.12 bits per heavy atom. The van der Waals surface area contributed by atoms with Crippen molar-refractivity contribution in [3.8, 4) is 17.2 Å². The standard InChI is InChI=1S/C12H17NO3S/c1-14-9-6-10(15-2)8-11(7-9)16-5-3-4-12(13)17/h6-8H,3-5H2,1-2H3,(H2,13,17). The number of thiocarbonyl (C=S) groups is 1. The number of methoxy groups -OCH3 is 2. The summed E-state index contributed by atoms with van der Waals surface area (Å²) < 4.78 is 15.8. The molecule has 1 aromatic rings. The second-order valence-electron chi connectivity index (χ2n) is 3.47. The minimum Gasteiger partial charge on any atom is -0.496 e. The smallest absolute Gasteiger partial charge is 0.126 e. The van der Waals surface area contributed by atoms with E-state index in [2.05, 4.69) is 0 Å². The molecule has 0 bridgehead atoms. The van der Waals surface area contributed by atoms with Crippen LogP contribution in [-0.4, -0.2) is 25.8 Å². The van der Waals surface area contributed by atoms with Crippen LogP contribution in [-0.2, 0) is 0 Å². The molecule has 0 fully saturated rings. The van der Waals surface area contributed by atoms with Crippen LogP contribution in [0.2, 0.25) is 0 Å². The van der Waals surface area contributed by atoms with E-state index in [-0.39, 0.29) is 0 Å². The summed E-state index contributed by atoms with van der Waals surface area (Å²) in [5.41, 5.74) is 5.40. The lowest BCUT2D eigenvalue weighted by molar-refractivity contribution is 0.307. The molecule has 0 saturated carbocycles. The number of hydrogen-bond donors (Lipinski definition) is 1. The zero-order chi connectivity index (χ0) is 12.7. The van der Waals surface area contributed by atoms with Crippen LogP contribution in [0, 0.1) is 0 Å². The molecule has 1 rings (SSSR count). The number of ether oxygens (including phenoxy) is 3. The Kier molecular flexibility index (Phi) is 5.56. The van der Waals surface area contributed by atoms with Crippen molar-refractivity contribution in [2.75, 3.05) is 20.8 Å². The molecule has 5 heteroatoms. The van der Waals surface area contributed by atoms with Gasteiger partial charge in [-0.15, -0.1) is 0 Å². The summed E-state index contributed by atoms with van der Waals surface area (Å²) in [5.74, 6) is 2.12. The molecule has 0 saturated heterocycles. The van der Waals surface area contributed by atoms with Crippen molar-refractivity contribution >= 4 is 17.2 Å². The van der Waals surface area contributed by atoms with E-state index in [4.69, 9.17) is 32.2 Å². The van der Waals surface area contributed by atoms with Crippen LogP contribution in [0.5, 0.6) is 17.2 Å². The van der Waals surface area contributed by atoms with Crippen molar-refractivity contribution < 1.29 is 14.2 Å². The molecule has 0 aromatic heterocycles. The Hall–Kier alpha value is -1.49. The van der Waals surface area contributed by atoms with Crippen molar-refractivity contribution in [1.82, 2.24) is 0 Å². The molecule has 0 amide bonds. The molecular weight excluding hydrogens is 238 g/mol. The van der Waals surface area contributed by atoms with Crippen LogP contribution in [0.1, 0.15) is 12.8 Å². The lowest BCUT2D eigenvalue weighted by Crippen LogP contribution is -2.09. The normalized spacial score (nSPS) is 9.76. The summed E-state index contributed by atoms with van der Waals surface area (Å²) in [4.78, 5) is 0.511. The number of benzene rings is 1. The van der Waals surface area contributed by atoms with E-state index in [9.17, 15) is 0 Å². The summed E-state index contributed by atoms with van der Waals surface area (Å²) in [5, 5.41) is 0. The SMILES string of the molecule is COc1cc(OC)cc(OCCCC(N)=S)c1. The first-order valence-corrected chi connectivity index (χ1v) is 5.70. The average Bonchev–Trinajstić information content (AvgIpc) is 2.34. The van der Waals surface area contributed by atoms with Crippen molar-refractivity contribution in [3.05, 3.63) is 18.2 Å². The highest BCUT2D eigenvalue weighted by atomic mass is 32.1. The minimum absolute atomic E-state index is 0.511. The lowest BCUT2D eigenvalue weighted by Gasteiger charge is -2.10. The molecule has 17 heavy (non-hydrogen) atoms. The Balaban J connectivity index is 2.54. The molecule has 0 heterocycles. The molecule has 0 aliphatic heterocycles. The molecule has 0 aliphatic carbocycles. The van der Waals surface area contributed by atoms with Crippen molar-refractivity contribution in [3.63, 3.8) is 0 Å². The quantitative estimate of drug-likeness (QED) is 0.597. The van der Waals surface area contributed by atoms with Crippen LogP contribution in [0.4, 0.5) is 0 Å². The van der Waals surface area contributed by atoms with E-state index in [1.54, 1.807) is 20.3 Å². The van der Waals surface area contributed by atoms with Gasteiger partial charge in [0, 0.05) is 24.6 Å². The van der Waals surface area contributed by atoms with Gasteiger partial charge in [-0.2, -0.15) is 0 Å². The van der Waals surface area contributed by atoms with Crippen LogP contribution in [0.25, 0.3) is 0 Å². The maximum Gasteiger partial charge on any atom is 0.126 e. The zero-order valence-corrected chi connectivity index (χ0v) is 10.9. The largest absolute Gasteiger partial charge is 0.496 e. The molecule has 0 unspecified atom stereocenters. The first kappa shape index (κ1) is 13.6. The fraction of sp³-hybridized carbons (Fsp3) is 0.417. The summed E-state index contributed by atoms with van der Waals surface area (Å²) in [6.45, 7) is 0.563. The van der Waals surface area contributed by atoms with Gasteiger partial charge >= 0.3 is 0 Å². The number of nitrogens with two attached hydrogens (primary N) is 1. The molecule has 0 aliphatic rings. The molecule has 2 N–H and O–H groups in total. The van der Waals surface area contributed by atoms with Crippen LogP contribution >= 0.6 is 12.2 Å².